The predicted octanol–water partition coefficient (Wildman–Crippen LogP) is 4.88. The van der Waals surface area contributed by atoms with Crippen LogP contribution in [0, 0.1) is 41.4 Å². The molecule has 150 valence electrons. The molecule has 0 amide bonds. The van der Waals surface area contributed by atoms with Crippen molar-refractivity contribution in [1.29, 1.82) is 0 Å². The molecule has 4 atom stereocenters. The molecule has 3 heteroatoms. The Balaban J connectivity index is 1.14. The summed E-state index contributed by atoms with van der Waals surface area (Å²) in [6.07, 6.45) is 16.2. The summed E-state index contributed by atoms with van der Waals surface area (Å²) < 4.78 is 6.25. The van der Waals surface area contributed by atoms with E-state index in [0.29, 0.717) is 11.8 Å². The monoisotopic (exact) mass is 372 g/mol. The number of rotatable bonds is 7. The van der Waals surface area contributed by atoms with Crippen LogP contribution < -0.4 is 0 Å². The molecule has 0 radical (unpaired) electrons. The Kier molecular flexibility index (Phi) is 4.65. The topological polar surface area (TPSA) is 46.5 Å². The van der Waals surface area contributed by atoms with E-state index in [1.165, 1.54) is 44.9 Å². The molecule has 4 unspecified atom stereocenters. The van der Waals surface area contributed by atoms with Crippen LogP contribution in [0.1, 0.15) is 77.6 Å². The number of carbonyl (C=O) groups excluding carboxylic acids is 1. The third-order valence-electron chi connectivity index (χ3n) is 9.07. The highest BCUT2D eigenvalue weighted by Gasteiger charge is 2.58. The van der Waals surface area contributed by atoms with E-state index in [4.69, 9.17) is 4.74 Å². The van der Waals surface area contributed by atoms with Crippen LogP contribution in [-0.4, -0.2) is 22.8 Å². The van der Waals surface area contributed by atoms with Gasteiger partial charge in [0.05, 0.1) is 12.5 Å². The lowest BCUT2D eigenvalue weighted by Gasteiger charge is -2.60. The minimum absolute atomic E-state index is 0.148. The summed E-state index contributed by atoms with van der Waals surface area (Å²) in [7, 11) is 0. The van der Waals surface area contributed by atoms with Gasteiger partial charge < -0.3 is 9.84 Å². The molecule has 27 heavy (non-hydrogen) atoms. The van der Waals surface area contributed by atoms with E-state index in [2.05, 4.69) is 19.1 Å². The Hall–Kier alpha value is -0.830. The van der Waals surface area contributed by atoms with E-state index in [0.717, 1.165) is 48.9 Å². The van der Waals surface area contributed by atoms with E-state index in [9.17, 15) is 9.90 Å². The summed E-state index contributed by atoms with van der Waals surface area (Å²) in [4.78, 5) is 12.7. The van der Waals surface area contributed by atoms with Crippen molar-refractivity contribution in [3.8, 4) is 0 Å². The van der Waals surface area contributed by atoms with Crippen LogP contribution in [-0.2, 0) is 9.53 Å². The number of allylic oxidation sites excluding steroid dienone is 2. The summed E-state index contributed by atoms with van der Waals surface area (Å²) in [5.74, 6) is 4.98. The van der Waals surface area contributed by atoms with Crippen LogP contribution >= 0.6 is 0 Å². The van der Waals surface area contributed by atoms with Crippen LogP contribution in [0.2, 0.25) is 0 Å². The molecule has 0 spiro atoms. The molecule has 0 heterocycles. The van der Waals surface area contributed by atoms with Gasteiger partial charge in [0.1, 0.15) is 5.60 Å². The number of aliphatic hydroxyl groups excluding tert-OH is 1. The van der Waals surface area contributed by atoms with Gasteiger partial charge in [0.25, 0.3) is 0 Å². The van der Waals surface area contributed by atoms with E-state index >= 15 is 0 Å². The SMILES string of the molecule is CCC1(OC(=O)CC(O)CCC2CC3C=CC2C3)C2CC3CC(C2)CC1C3. The largest absolute Gasteiger partial charge is 0.458 e. The lowest BCUT2D eigenvalue weighted by atomic mass is 9.49. The minimum Gasteiger partial charge on any atom is -0.458 e. The van der Waals surface area contributed by atoms with Crippen molar-refractivity contribution in [3.63, 3.8) is 0 Å². The summed E-state index contributed by atoms with van der Waals surface area (Å²) in [6.45, 7) is 2.20. The first-order valence-electron chi connectivity index (χ1n) is 11.6. The second kappa shape index (κ2) is 6.90. The van der Waals surface area contributed by atoms with Gasteiger partial charge in [-0.25, -0.2) is 0 Å². The molecule has 0 aliphatic heterocycles. The first kappa shape index (κ1) is 18.2. The van der Waals surface area contributed by atoms with E-state index < -0.39 is 6.10 Å². The Morgan fingerprint density at radius 3 is 2.33 bits per heavy atom. The average Bonchev–Trinajstić information content (AvgIpc) is 3.25. The second-order valence-electron chi connectivity index (χ2n) is 10.6. The Morgan fingerprint density at radius 2 is 1.78 bits per heavy atom. The van der Waals surface area contributed by atoms with Crippen LogP contribution in [0.4, 0.5) is 0 Å². The molecule has 3 nitrogen and oxygen atoms in total. The number of fused-ring (bicyclic) bond motifs is 2. The molecule has 0 saturated heterocycles. The number of esters is 1. The highest BCUT2D eigenvalue weighted by atomic mass is 16.6. The molecule has 6 aliphatic carbocycles. The molecule has 6 aliphatic rings. The van der Waals surface area contributed by atoms with Crippen molar-refractivity contribution < 1.29 is 14.6 Å². The van der Waals surface area contributed by atoms with Crippen molar-refractivity contribution in [1.82, 2.24) is 0 Å². The Morgan fingerprint density at radius 1 is 1.07 bits per heavy atom. The highest BCUT2D eigenvalue weighted by molar-refractivity contribution is 5.70. The maximum absolute atomic E-state index is 12.7. The quantitative estimate of drug-likeness (QED) is 0.512. The van der Waals surface area contributed by atoms with Gasteiger partial charge in [0.15, 0.2) is 0 Å². The fraction of sp³-hybridized carbons (Fsp3) is 0.875. The van der Waals surface area contributed by atoms with Crippen LogP contribution in [0.5, 0.6) is 0 Å². The first-order chi connectivity index (χ1) is 13.1. The first-order valence-corrected chi connectivity index (χ1v) is 11.6. The maximum atomic E-state index is 12.7. The Bertz CT molecular complexity index is 581. The molecular formula is C24H36O3. The molecule has 5 fully saturated rings. The van der Waals surface area contributed by atoms with Gasteiger partial charge in [0, 0.05) is 0 Å². The van der Waals surface area contributed by atoms with Crippen molar-refractivity contribution in [2.75, 3.05) is 0 Å². The van der Waals surface area contributed by atoms with Gasteiger partial charge in [-0.05, 0) is 106 Å². The van der Waals surface area contributed by atoms with Gasteiger partial charge in [0.2, 0.25) is 0 Å². The van der Waals surface area contributed by atoms with Crippen molar-refractivity contribution in [2.24, 2.45) is 41.4 Å². The molecule has 0 aromatic carbocycles. The van der Waals surface area contributed by atoms with Crippen molar-refractivity contribution in [3.05, 3.63) is 12.2 Å². The molecular weight excluding hydrogens is 336 g/mol. The maximum Gasteiger partial charge on any atom is 0.308 e. The van der Waals surface area contributed by atoms with Gasteiger partial charge in [-0.2, -0.15) is 0 Å². The number of aliphatic hydroxyl groups is 1. The zero-order valence-electron chi connectivity index (χ0n) is 16.8. The lowest BCUT2D eigenvalue weighted by molar-refractivity contribution is -0.212. The summed E-state index contributed by atoms with van der Waals surface area (Å²) in [5.41, 5.74) is -0.223. The number of ether oxygens (including phenoxy) is 1. The fourth-order valence-corrected chi connectivity index (χ4v) is 7.98. The van der Waals surface area contributed by atoms with Crippen molar-refractivity contribution >= 4 is 5.97 Å². The average molecular weight is 373 g/mol. The number of carbonyl (C=O) groups is 1. The number of hydrogen-bond donors (Lipinski definition) is 1. The third-order valence-corrected chi connectivity index (χ3v) is 9.07. The molecule has 5 saturated carbocycles. The Labute approximate surface area is 163 Å². The standard InChI is InChI=1S/C24H36O3/c1-2-24(20-10-16-7-17(12-20)13-21(24)11-16)27-23(26)14-22(25)6-5-19-9-15-3-4-18(19)8-15/h3-4,15-22,25H,2,5-14H2,1H3. The summed E-state index contributed by atoms with van der Waals surface area (Å²) in [6, 6.07) is 0. The second-order valence-corrected chi connectivity index (χ2v) is 10.6. The zero-order chi connectivity index (χ0) is 18.6. The molecule has 1 N–H and O–H groups in total. The van der Waals surface area contributed by atoms with E-state index in [1.54, 1.807) is 0 Å². The van der Waals surface area contributed by atoms with Gasteiger partial charge in [-0.1, -0.05) is 19.1 Å². The van der Waals surface area contributed by atoms with Crippen LogP contribution in [0.3, 0.4) is 0 Å². The van der Waals surface area contributed by atoms with Crippen LogP contribution in [0.25, 0.3) is 0 Å². The van der Waals surface area contributed by atoms with Gasteiger partial charge in [-0.3, -0.25) is 4.79 Å². The van der Waals surface area contributed by atoms with Crippen molar-refractivity contribution in [2.45, 2.75) is 89.3 Å². The van der Waals surface area contributed by atoms with E-state index in [1.807, 2.05) is 0 Å². The van der Waals surface area contributed by atoms with Gasteiger partial charge >= 0.3 is 5.97 Å². The highest BCUT2D eigenvalue weighted by Crippen LogP contribution is 2.60. The summed E-state index contributed by atoms with van der Waals surface area (Å²) >= 11 is 0. The van der Waals surface area contributed by atoms with E-state index in [-0.39, 0.29) is 18.0 Å². The molecule has 0 aromatic rings. The van der Waals surface area contributed by atoms with Gasteiger partial charge in [-0.15, -0.1) is 0 Å². The minimum atomic E-state index is -0.536. The fourth-order valence-electron chi connectivity index (χ4n) is 7.98. The normalized spacial score (nSPS) is 47.6. The predicted molar refractivity (Wildman–Crippen MR) is 105 cm³/mol. The number of hydrogen-bond acceptors (Lipinski definition) is 3. The zero-order valence-corrected chi connectivity index (χ0v) is 16.8. The molecule has 6 rings (SSSR count). The van der Waals surface area contributed by atoms with Crippen LogP contribution in [0.15, 0.2) is 12.2 Å². The smallest absolute Gasteiger partial charge is 0.308 e. The molecule has 6 bridgehead atoms. The lowest BCUT2D eigenvalue weighted by Crippen LogP contribution is -2.59. The summed E-state index contributed by atoms with van der Waals surface area (Å²) in [5, 5.41) is 10.5. The molecule has 0 aromatic heterocycles. The third kappa shape index (κ3) is 3.18.